The predicted octanol–water partition coefficient (Wildman–Crippen LogP) is 2.00. The first kappa shape index (κ1) is 12.0. The number of nitrogens with zero attached hydrogens (tertiary/aromatic N) is 1. The van der Waals surface area contributed by atoms with E-state index >= 15 is 0 Å². The van der Waals surface area contributed by atoms with Crippen LogP contribution in [0.1, 0.15) is 12.5 Å². The molecule has 4 heteroatoms. The molecule has 0 spiro atoms. The number of rotatable bonds is 3. The molecule has 0 atom stereocenters. The molecule has 0 saturated carbocycles. The number of benzene rings is 1. The van der Waals surface area contributed by atoms with Gasteiger partial charge in [-0.2, -0.15) is 0 Å². The van der Waals surface area contributed by atoms with E-state index in [2.05, 4.69) is 4.98 Å². The van der Waals surface area contributed by atoms with Crippen LogP contribution in [-0.4, -0.2) is 16.1 Å². The Hall–Kier alpha value is -2.07. The van der Waals surface area contributed by atoms with Gasteiger partial charge in [-0.25, -0.2) is 0 Å². The van der Waals surface area contributed by atoms with Crippen LogP contribution >= 0.6 is 0 Å². The first-order chi connectivity index (χ1) is 9.26. The van der Waals surface area contributed by atoms with Crippen LogP contribution in [-0.2, 0) is 13.0 Å². The van der Waals surface area contributed by atoms with Crippen LogP contribution in [0.2, 0.25) is 0 Å². The molecule has 0 fully saturated rings. The van der Waals surface area contributed by atoms with Crippen molar-refractivity contribution in [3.8, 4) is 0 Å². The van der Waals surface area contributed by atoms with Crippen LogP contribution < -0.4 is 11.3 Å². The number of pyridine rings is 1. The van der Waals surface area contributed by atoms with Crippen LogP contribution in [0.4, 0.5) is 0 Å². The van der Waals surface area contributed by atoms with Crippen molar-refractivity contribution < 1.29 is 0 Å². The fourth-order valence-corrected chi connectivity index (χ4v) is 2.67. The lowest BCUT2D eigenvalue weighted by molar-refractivity contribution is 0.735. The highest BCUT2D eigenvalue weighted by atomic mass is 16.1. The number of fused-ring (bicyclic) bond motifs is 3. The molecular formula is C15H17N3O. The van der Waals surface area contributed by atoms with Gasteiger partial charge in [-0.05, 0) is 49.0 Å². The lowest BCUT2D eigenvalue weighted by Crippen LogP contribution is -2.18. The number of H-pyrrole nitrogens is 1. The lowest BCUT2D eigenvalue weighted by atomic mass is 10.0. The minimum Gasteiger partial charge on any atom is -0.361 e. The van der Waals surface area contributed by atoms with E-state index in [0.717, 1.165) is 28.1 Å². The topological polar surface area (TPSA) is 63.8 Å². The molecule has 0 amide bonds. The number of aromatic amines is 1. The summed E-state index contributed by atoms with van der Waals surface area (Å²) in [5, 5.41) is 2.91. The molecule has 0 aliphatic rings. The van der Waals surface area contributed by atoms with Gasteiger partial charge in [-0.1, -0.05) is 0 Å². The Kier molecular flexibility index (Phi) is 2.87. The smallest absolute Gasteiger partial charge is 0.258 e. The summed E-state index contributed by atoms with van der Waals surface area (Å²) in [5.74, 6) is 0. The minimum absolute atomic E-state index is 0.0711. The third-order valence-electron chi connectivity index (χ3n) is 3.64. The third-order valence-corrected chi connectivity index (χ3v) is 3.64. The molecular weight excluding hydrogens is 238 g/mol. The molecule has 3 N–H and O–H groups in total. The predicted molar refractivity (Wildman–Crippen MR) is 78.5 cm³/mol. The highest BCUT2D eigenvalue weighted by molar-refractivity contribution is 6.07. The minimum atomic E-state index is 0.0711. The molecule has 0 saturated heterocycles. The summed E-state index contributed by atoms with van der Waals surface area (Å²) in [6.07, 6.45) is 4.67. The van der Waals surface area contributed by atoms with Crippen molar-refractivity contribution in [1.29, 1.82) is 0 Å². The highest BCUT2D eigenvalue weighted by Gasteiger charge is 2.10. The summed E-state index contributed by atoms with van der Waals surface area (Å²) >= 11 is 0. The first-order valence-electron chi connectivity index (χ1n) is 6.58. The molecule has 3 aromatic rings. The average molecular weight is 255 g/mol. The maximum atomic E-state index is 12.3. The van der Waals surface area contributed by atoms with Gasteiger partial charge in [0.15, 0.2) is 0 Å². The zero-order valence-electron chi connectivity index (χ0n) is 10.9. The Morgan fingerprint density at radius 3 is 2.84 bits per heavy atom. The molecule has 2 aromatic heterocycles. The number of aromatic nitrogens is 2. The van der Waals surface area contributed by atoms with Crippen molar-refractivity contribution >= 4 is 21.7 Å². The molecule has 0 aliphatic carbocycles. The van der Waals surface area contributed by atoms with Crippen molar-refractivity contribution in [3.63, 3.8) is 0 Å². The fraction of sp³-hybridized carbons (Fsp3) is 0.267. The van der Waals surface area contributed by atoms with Crippen LogP contribution in [0.25, 0.3) is 21.7 Å². The van der Waals surface area contributed by atoms with Gasteiger partial charge in [-0.3, -0.25) is 4.79 Å². The van der Waals surface area contributed by atoms with Crippen molar-refractivity contribution in [3.05, 3.63) is 46.5 Å². The summed E-state index contributed by atoms with van der Waals surface area (Å²) < 4.78 is 1.73. The zero-order chi connectivity index (χ0) is 13.4. The van der Waals surface area contributed by atoms with E-state index in [1.165, 1.54) is 5.56 Å². The second kappa shape index (κ2) is 4.55. The lowest BCUT2D eigenvalue weighted by Gasteiger charge is -2.06. The maximum absolute atomic E-state index is 12.3. The summed E-state index contributed by atoms with van der Waals surface area (Å²) in [7, 11) is 0. The highest BCUT2D eigenvalue weighted by Crippen LogP contribution is 2.26. The monoisotopic (exact) mass is 255 g/mol. The van der Waals surface area contributed by atoms with Gasteiger partial charge in [0.1, 0.15) is 0 Å². The quantitative estimate of drug-likeness (QED) is 0.752. The Bertz CT molecular complexity index is 798. The van der Waals surface area contributed by atoms with E-state index in [4.69, 9.17) is 5.73 Å². The number of aryl methyl sites for hydroxylation is 1. The number of hydrogen-bond donors (Lipinski definition) is 2. The van der Waals surface area contributed by atoms with Crippen LogP contribution in [0.3, 0.4) is 0 Å². The normalized spacial score (nSPS) is 11.5. The average Bonchev–Trinajstić information content (AvgIpc) is 2.83. The molecule has 0 bridgehead atoms. The van der Waals surface area contributed by atoms with Crippen molar-refractivity contribution in [2.45, 2.75) is 19.9 Å². The third kappa shape index (κ3) is 1.76. The molecule has 2 heterocycles. The Morgan fingerprint density at radius 2 is 2.11 bits per heavy atom. The number of nitrogens with two attached hydrogens (primary N) is 1. The molecule has 19 heavy (non-hydrogen) atoms. The summed E-state index contributed by atoms with van der Waals surface area (Å²) in [4.78, 5) is 15.6. The SMILES string of the molecule is CCn1ccc2c(ccc3[nH]cc(CCN)c32)c1=O. The number of nitrogens with one attached hydrogen (secondary N) is 1. The Balaban J connectivity index is 2.42. The van der Waals surface area contributed by atoms with E-state index in [1.54, 1.807) is 4.57 Å². The summed E-state index contributed by atoms with van der Waals surface area (Å²) in [6.45, 7) is 3.27. The van der Waals surface area contributed by atoms with Gasteiger partial charge in [0.2, 0.25) is 0 Å². The zero-order valence-corrected chi connectivity index (χ0v) is 10.9. The second-order valence-electron chi connectivity index (χ2n) is 4.71. The molecule has 1 aromatic carbocycles. The van der Waals surface area contributed by atoms with E-state index in [1.807, 2.05) is 37.5 Å². The maximum Gasteiger partial charge on any atom is 0.258 e. The van der Waals surface area contributed by atoms with E-state index < -0.39 is 0 Å². The van der Waals surface area contributed by atoms with Crippen LogP contribution in [0.15, 0.2) is 35.4 Å². The van der Waals surface area contributed by atoms with Gasteiger partial charge in [-0.15, -0.1) is 0 Å². The van der Waals surface area contributed by atoms with E-state index in [-0.39, 0.29) is 5.56 Å². The molecule has 0 unspecified atom stereocenters. The Morgan fingerprint density at radius 1 is 1.26 bits per heavy atom. The van der Waals surface area contributed by atoms with Crippen molar-refractivity contribution in [2.24, 2.45) is 5.73 Å². The van der Waals surface area contributed by atoms with Gasteiger partial charge in [0.05, 0.1) is 0 Å². The second-order valence-corrected chi connectivity index (χ2v) is 4.71. The molecule has 0 aliphatic heterocycles. The molecule has 3 rings (SSSR count). The Labute approximate surface area is 110 Å². The molecule has 4 nitrogen and oxygen atoms in total. The largest absolute Gasteiger partial charge is 0.361 e. The van der Waals surface area contributed by atoms with Gasteiger partial charge >= 0.3 is 0 Å². The number of hydrogen-bond acceptors (Lipinski definition) is 2. The van der Waals surface area contributed by atoms with Crippen LogP contribution in [0.5, 0.6) is 0 Å². The van der Waals surface area contributed by atoms with Gasteiger partial charge in [0, 0.05) is 35.2 Å². The van der Waals surface area contributed by atoms with E-state index in [9.17, 15) is 4.79 Å². The molecule has 0 radical (unpaired) electrons. The fourth-order valence-electron chi connectivity index (χ4n) is 2.67. The van der Waals surface area contributed by atoms with E-state index in [0.29, 0.717) is 13.1 Å². The summed E-state index contributed by atoms with van der Waals surface area (Å²) in [6, 6.07) is 5.89. The van der Waals surface area contributed by atoms with Gasteiger partial charge in [0.25, 0.3) is 5.56 Å². The first-order valence-corrected chi connectivity index (χ1v) is 6.58. The van der Waals surface area contributed by atoms with Gasteiger partial charge < -0.3 is 15.3 Å². The standard InChI is InChI=1S/C15H17N3O/c1-2-18-8-6-11-12(15(18)19)3-4-13-14(11)10(5-7-16)9-17-13/h3-4,6,8-9,17H,2,5,7,16H2,1H3. The van der Waals surface area contributed by atoms with Crippen molar-refractivity contribution in [2.75, 3.05) is 6.54 Å². The van der Waals surface area contributed by atoms with Crippen LogP contribution in [0, 0.1) is 0 Å². The van der Waals surface area contributed by atoms with Crippen molar-refractivity contribution in [1.82, 2.24) is 9.55 Å². The summed E-state index contributed by atoms with van der Waals surface area (Å²) in [5.41, 5.74) is 7.96. The molecule has 98 valence electrons.